The molecule has 0 aliphatic heterocycles. The smallest absolute Gasteiger partial charge is 0.123 e. The monoisotopic (exact) mass is 277 g/mol. The van der Waals surface area contributed by atoms with Crippen molar-refractivity contribution in [3.63, 3.8) is 0 Å². The van der Waals surface area contributed by atoms with Crippen LogP contribution in [0.4, 0.5) is 4.39 Å². The average Bonchev–Trinajstić information content (AvgIpc) is 2.76. The second-order valence-electron chi connectivity index (χ2n) is 6.88. The minimum absolute atomic E-state index is 0.145. The molecule has 1 aromatic carbocycles. The first kappa shape index (κ1) is 15.5. The summed E-state index contributed by atoms with van der Waals surface area (Å²) in [5, 5.41) is 3.74. The maximum Gasteiger partial charge on any atom is 0.123 e. The van der Waals surface area contributed by atoms with Gasteiger partial charge in [-0.15, -0.1) is 0 Å². The molecule has 2 rings (SSSR count). The van der Waals surface area contributed by atoms with Crippen LogP contribution in [0.3, 0.4) is 0 Å². The van der Waals surface area contributed by atoms with E-state index in [1.54, 1.807) is 12.1 Å². The van der Waals surface area contributed by atoms with E-state index in [0.717, 1.165) is 25.3 Å². The van der Waals surface area contributed by atoms with E-state index in [1.165, 1.54) is 24.8 Å². The van der Waals surface area contributed by atoms with Gasteiger partial charge >= 0.3 is 0 Å². The SMILES string of the molecule is CCCNC(Cc1ccc(F)cc1)C1CCCC1(C)C. The highest BCUT2D eigenvalue weighted by molar-refractivity contribution is 5.18. The molecule has 1 aliphatic rings. The van der Waals surface area contributed by atoms with Gasteiger partial charge in [-0.1, -0.05) is 39.3 Å². The third kappa shape index (κ3) is 3.82. The molecule has 2 atom stereocenters. The van der Waals surface area contributed by atoms with Gasteiger partial charge in [-0.3, -0.25) is 0 Å². The van der Waals surface area contributed by atoms with Gasteiger partial charge in [0.15, 0.2) is 0 Å². The van der Waals surface area contributed by atoms with Crippen LogP contribution in [0.1, 0.15) is 52.0 Å². The fourth-order valence-electron chi connectivity index (χ4n) is 3.66. The van der Waals surface area contributed by atoms with Gasteiger partial charge in [0, 0.05) is 6.04 Å². The van der Waals surface area contributed by atoms with E-state index in [9.17, 15) is 4.39 Å². The van der Waals surface area contributed by atoms with Gasteiger partial charge in [0.1, 0.15) is 5.82 Å². The predicted octanol–water partition coefficient (Wildman–Crippen LogP) is 4.56. The lowest BCUT2D eigenvalue weighted by Crippen LogP contribution is -2.42. The van der Waals surface area contributed by atoms with Crippen molar-refractivity contribution in [2.24, 2.45) is 11.3 Å². The summed E-state index contributed by atoms with van der Waals surface area (Å²) < 4.78 is 13.0. The highest BCUT2D eigenvalue weighted by Crippen LogP contribution is 2.44. The topological polar surface area (TPSA) is 12.0 Å². The zero-order chi connectivity index (χ0) is 14.6. The van der Waals surface area contributed by atoms with E-state index < -0.39 is 0 Å². The molecule has 1 aromatic rings. The van der Waals surface area contributed by atoms with Crippen molar-refractivity contribution in [2.45, 2.75) is 58.9 Å². The Morgan fingerprint density at radius 3 is 2.55 bits per heavy atom. The summed E-state index contributed by atoms with van der Waals surface area (Å²) >= 11 is 0. The molecule has 2 heteroatoms. The number of benzene rings is 1. The third-order valence-corrected chi connectivity index (χ3v) is 4.85. The van der Waals surface area contributed by atoms with Gasteiger partial charge in [-0.05, 0) is 61.3 Å². The summed E-state index contributed by atoms with van der Waals surface area (Å²) in [6.07, 6.45) is 6.15. The standard InChI is InChI=1S/C18H28FN/c1-4-12-20-17(16-6-5-11-18(16,2)3)13-14-7-9-15(19)10-8-14/h7-10,16-17,20H,4-6,11-13H2,1-3H3. The van der Waals surface area contributed by atoms with Gasteiger partial charge in [-0.2, -0.15) is 0 Å². The van der Waals surface area contributed by atoms with Crippen LogP contribution in [0.2, 0.25) is 0 Å². The Kier molecular flexibility index (Phi) is 5.20. The molecule has 1 N–H and O–H groups in total. The minimum atomic E-state index is -0.145. The Bertz CT molecular complexity index is 410. The highest BCUT2D eigenvalue weighted by atomic mass is 19.1. The van der Waals surface area contributed by atoms with Crippen LogP contribution in [-0.4, -0.2) is 12.6 Å². The van der Waals surface area contributed by atoms with Gasteiger partial charge in [0.25, 0.3) is 0 Å². The van der Waals surface area contributed by atoms with Gasteiger partial charge < -0.3 is 5.32 Å². The molecule has 1 saturated carbocycles. The second kappa shape index (κ2) is 6.71. The van der Waals surface area contributed by atoms with Crippen LogP contribution in [0.25, 0.3) is 0 Å². The van der Waals surface area contributed by atoms with Crippen molar-refractivity contribution < 1.29 is 4.39 Å². The van der Waals surface area contributed by atoms with Crippen molar-refractivity contribution in [1.82, 2.24) is 5.32 Å². The lowest BCUT2D eigenvalue weighted by atomic mass is 9.76. The largest absolute Gasteiger partial charge is 0.313 e. The zero-order valence-corrected chi connectivity index (χ0v) is 13.1. The van der Waals surface area contributed by atoms with Crippen molar-refractivity contribution >= 4 is 0 Å². The molecule has 1 fully saturated rings. The summed E-state index contributed by atoms with van der Waals surface area (Å²) in [7, 11) is 0. The molecule has 1 nitrogen and oxygen atoms in total. The molecule has 0 spiro atoms. The normalized spacial score (nSPS) is 22.9. The van der Waals surface area contributed by atoms with Gasteiger partial charge in [0.2, 0.25) is 0 Å². The molecule has 0 saturated heterocycles. The van der Waals surface area contributed by atoms with Gasteiger partial charge in [0.05, 0.1) is 0 Å². The predicted molar refractivity (Wildman–Crippen MR) is 83.3 cm³/mol. The molecule has 20 heavy (non-hydrogen) atoms. The second-order valence-corrected chi connectivity index (χ2v) is 6.88. The summed E-state index contributed by atoms with van der Waals surface area (Å²) in [6, 6.07) is 7.52. The van der Waals surface area contributed by atoms with Crippen LogP contribution in [-0.2, 0) is 6.42 Å². The maximum atomic E-state index is 13.0. The molecule has 0 bridgehead atoms. The molecule has 1 aliphatic carbocycles. The number of hydrogen-bond acceptors (Lipinski definition) is 1. The number of hydrogen-bond donors (Lipinski definition) is 1. The van der Waals surface area contributed by atoms with Crippen LogP contribution < -0.4 is 5.32 Å². The molecule has 0 aromatic heterocycles. The lowest BCUT2D eigenvalue weighted by Gasteiger charge is -2.35. The fraction of sp³-hybridized carbons (Fsp3) is 0.667. The highest BCUT2D eigenvalue weighted by Gasteiger charge is 2.39. The van der Waals surface area contributed by atoms with Crippen LogP contribution >= 0.6 is 0 Å². The Morgan fingerprint density at radius 1 is 1.30 bits per heavy atom. The lowest BCUT2D eigenvalue weighted by molar-refractivity contribution is 0.195. The Morgan fingerprint density at radius 2 is 2.00 bits per heavy atom. The van der Waals surface area contributed by atoms with E-state index in [2.05, 4.69) is 26.1 Å². The van der Waals surface area contributed by atoms with E-state index in [4.69, 9.17) is 0 Å². The maximum absolute atomic E-state index is 13.0. The van der Waals surface area contributed by atoms with Crippen molar-refractivity contribution in [3.8, 4) is 0 Å². The molecule has 0 radical (unpaired) electrons. The average molecular weight is 277 g/mol. The van der Waals surface area contributed by atoms with Crippen molar-refractivity contribution in [1.29, 1.82) is 0 Å². The quantitative estimate of drug-likeness (QED) is 0.803. The first-order valence-corrected chi connectivity index (χ1v) is 8.01. The number of rotatable bonds is 6. The summed E-state index contributed by atoms with van der Waals surface area (Å²) in [5.74, 6) is 0.576. The van der Waals surface area contributed by atoms with E-state index in [1.807, 2.05) is 12.1 Å². The summed E-state index contributed by atoms with van der Waals surface area (Å²) in [4.78, 5) is 0. The summed E-state index contributed by atoms with van der Waals surface area (Å²) in [5.41, 5.74) is 1.66. The molecule has 112 valence electrons. The Labute approximate surface area is 123 Å². The molecule has 0 heterocycles. The minimum Gasteiger partial charge on any atom is -0.313 e. The Balaban J connectivity index is 2.08. The van der Waals surface area contributed by atoms with Crippen LogP contribution in [0.5, 0.6) is 0 Å². The number of halogens is 1. The van der Waals surface area contributed by atoms with Crippen LogP contribution in [0, 0.1) is 17.2 Å². The number of nitrogens with one attached hydrogen (secondary N) is 1. The Hall–Kier alpha value is -0.890. The zero-order valence-electron chi connectivity index (χ0n) is 13.1. The summed E-state index contributed by atoms with van der Waals surface area (Å²) in [6.45, 7) is 8.08. The van der Waals surface area contributed by atoms with Gasteiger partial charge in [-0.25, -0.2) is 4.39 Å². The molecule has 2 unspecified atom stereocenters. The third-order valence-electron chi connectivity index (χ3n) is 4.85. The van der Waals surface area contributed by atoms with Crippen molar-refractivity contribution in [3.05, 3.63) is 35.6 Å². The van der Waals surface area contributed by atoms with E-state index in [0.29, 0.717) is 11.5 Å². The molecular formula is C18H28FN. The molecule has 0 amide bonds. The van der Waals surface area contributed by atoms with E-state index >= 15 is 0 Å². The first-order valence-electron chi connectivity index (χ1n) is 8.01. The van der Waals surface area contributed by atoms with Crippen molar-refractivity contribution in [2.75, 3.05) is 6.54 Å². The van der Waals surface area contributed by atoms with Crippen LogP contribution in [0.15, 0.2) is 24.3 Å². The first-order chi connectivity index (χ1) is 9.53. The molecular weight excluding hydrogens is 249 g/mol. The fourth-order valence-corrected chi connectivity index (χ4v) is 3.66. The van der Waals surface area contributed by atoms with E-state index in [-0.39, 0.29) is 5.82 Å².